The third-order valence-corrected chi connectivity index (χ3v) is 2.20. The first-order valence-electron chi connectivity index (χ1n) is 5.73. The minimum Gasteiger partial charge on any atom is -0.369 e. The van der Waals surface area contributed by atoms with Crippen LogP contribution in [-0.4, -0.2) is 31.2 Å². The van der Waals surface area contributed by atoms with Crippen molar-refractivity contribution in [1.29, 1.82) is 0 Å². The molecule has 0 aromatic carbocycles. The summed E-state index contributed by atoms with van der Waals surface area (Å²) in [7, 11) is 0. The Labute approximate surface area is 92.6 Å². The van der Waals surface area contributed by atoms with Crippen molar-refractivity contribution >= 4 is 5.91 Å². The van der Waals surface area contributed by atoms with Crippen LogP contribution in [0.4, 0.5) is 0 Å². The van der Waals surface area contributed by atoms with Crippen LogP contribution < -0.4 is 11.1 Å². The standard InChI is InChI=1S/C11H24N2O2/c1-4-6-9(2)13-11(14)10(3)15-8-5-7-12/h9-10H,4-8,12H2,1-3H3,(H,13,14). The number of amides is 1. The van der Waals surface area contributed by atoms with E-state index in [0.29, 0.717) is 13.2 Å². The zero-order valence-electron chi connectivity index (χ0n) is 10.1. The van der Waals surface area contributed by atoms with Crippen molar-refractivity contribution in [3.05, 3.63) is 0 Å². The number of nitrogens with two attached hydrogens (primary N) is 1. The average molecular weight is 216 g/mol. The molecule has 0 aromatic heterocycles. The van der Waals surface area contributed by atoms with Gasteiger partial charge in [0.1, 0.15) is 6.10 Å². The van der Waals surface area contributed by atoms with Gasteiger partial charge in [-0.3, -0.25) is 4.79 Å². The van der Waals surface area contributed by atoms with E-state index in [1.54, 1.807) is 6.92 Å². The van der Waals surface area contributed by atoms with E-state index in [-0.39, 0.29) is 18.1 Å². The maximum atomic E-state index is 11.6. The van der Waals surface area contributed by atoms with Gasteiger partial charge in [-0.2, -0.15) is 0 Å². The summed E-state index contributed by atoms with van der Waals surface area (Å²) >= 11 is 0. The Morgan fingerprint density at radius 2 is 2.13 bits per heavy atom. The van der Waals surface area contributed by atoms with Crippen LogP contribution in [0.1, 0.15) is 40.0 Å². The van der Waals surface area contributed by atoms with Gasteiger partial charge in [-0.25, -0.2) is 0 Å². The van der Waals surface area contributed by atoms with Crippen molar-refractivity contribution in [2.75, 3.05) is 13.2 Å². The van der Waals surface area contributed by atoms with Crippen LogP contribution in [0, 0.1) is 0 Å². The highest BCUT2D eigenvalue weighted by Crippen LogP contribution is 1.98. The van der Waals surface area contributed by atoms with Gasteiger partial charge in [0, 0.05) is 12.6 Å². The van der Waals surface area contributed by atoms with Gasteiger partial charge in [-0.1, -0.05) is 13.3 Å². The third-order valence-electron chi connectivity index (χ3n) is 2.20. The van der Waals surface area contributed by atoms with Crippen LogP contribution in [0.25, 0.3) is 0 Å². The van der Waals surface area contributed by atoms with E-state index < -0.39 is 0 Å². The molecule has 4 heteroatoms. The molecule has 0 aliphatic heterocycles. The van der Waals surface area contributed by atoms with Gasteiger partial charge in [0.05, 0.1) is 0 Å². The molecule has 15 heavy (non-hydrogen) atoms. The van der Waals surface area contributed by atoms with Gasteiger partial charge >= 0.3 is 0 Å². The third kappa shape index (κ3) is 7.33. The van der Waals surface area contributed by atoms with E-state index in [0.717, 1.165) is 19.3 Å². The lowest BCUT2D eigenvalue weighted by atomic mass is 10.2. The van der Waals surface area contributed by atoms with Gasteiger partial charge in [-0.15, -0.1) is 0 Å². The van der Waals surface area contributed by atoms with E-state index >= 15 is 0 Å². The molecule has 0 rings (SSSR count). The Morgan fingerprint density at radius 1 is 1.47 bits per heavy atom. The summed E-state index contributed by atoms with van der Waals surface area (Å²) in [5, 5.41) is 2.91. The molecule has 0 saturated heterocycles. The maximum Gasteiger partial charge on any atom is 0.249 e. The first-order valence-corrected chi connectivity index (χ1v) is 5.73. The van der Waals surface area contributed by atoms with Crippen molar-refractivity contribution in [3.8, 4) is 0 Å². The fourth-order valence-electron chi connectivity index (χ4n) is 1.28. The Hall–Kier alpha value is -0.610. The summed E-state index contributed by atoms with van der Waals surface area (Å²) in [6.45, 7) is 7.02. The zero-order chi connectivity index (χ0) is 11.7. The molecular formula is C11H24N2O2. The van der Waals surface area contributed by atoms with Gasteiger partial charge in [0.25, 0.3) is 0 Å². The van der Waals surface area contributed by atoms with Crippen molar-refractivity contribution < 1.29 is 9.53 Å². The lowest BCUT2D eigenvalue weighted by Gasteiger charge is -2.17. The number of carbonyl (C=O) groups is 1. The molecule has 0 heterocycles. The zero-order valence-corrected chi connectivity index (χ0v) is 10.1. The molecule has 0 saturated carbocycles. The minimum atomic E-state index is -0.379. The summed E-state index contributed by atoms with van der Waals surface area (Å²) < 4.78 is 5.33. The molecule has 0 spiro atoms. The Morgan fingerprint density at radius 3 is 2.67 bits per heavy atom. The van der Waals surface area contributed by atoms with Crippen LogP contribution in [0.5, 0.6) is 0 Å². The van der Waals surface area contributed by atoms with Gasteiger partial charge in [-0.05, 0) is 33.2 Å². The van der Waals surface area contributed by atoms with E-state index in [4.69, 9.17) is 10.5 Å². The highest BCUT2D eigenvalue weighted by Gasteiger charge is 2.14. The van der Waals surface area contributed by atoms with Crippen LogP contribution in [0.15, 0.2) is 0 Å². The van der Waals surface area contributed by atoms with Crippen LogP contribution in [0.2, 0.25) is 0 Å². The molecule has 0 radical (unpaired) electrons. The monoisotopic (exact) mass is 216 g/mol. The molecule has 0 aliphatic carbocycles. The number of rotatable bonds is 8. The number of nitrogens with one attached hydrogen (secondary N) is 1. The van der Waals surface area contributed by atoms with Crippen molar-refractivity contribution in [3.63, 3.8) is 0 Å². The molecule has 4 nitrogen and oxygen atoms in total. The lowest BCUT2D eigenvalue weighted by molar-refractivity contribution is -0.132. The highest BCUT2D eigenvalue weighted by atomic mass is 16.5. The number of hydrogen-bond acceptors (Lipinski definition) is 3. The normalized spacial score (nSPS) is 14.7. The maximum absolute atomic E-state index is 11.6. The summed E-state index contributed by atoms with van der Waals surface area (Å²) in [4.78, 5) is 11.6. The molecule has 3 N–H and O–H groups in total. The van der Waals surface area contributed by atoms with E-state index in [9.17, 15) is 4.79 Å². The summed E-state index contributed by atoms with van der Waals surface area (Å²) in [6, 6.07) is 0.225. The van der Waals surface area contributed by atoms with Crippen molar-refractivity contribution in [2.45, 2.75) is 52.2 Å². The van der Waals surface area contributed by atoms with Gasteiger partial charge in [0.15, 0.2) is 0 Å². The largest absolute Gasteiger partial charge is 0.369 e. The van der Waals surface area contributed by atoms with Crippen LogP contribution in [0.3, 0.4) is 0 Å². The van der Waals surface area contributed by atoms with Gasteiger partial charge in [0.2, 0.25) is 5.91 Å². The Kier molecular flexibility index (Phi) is 8.33. The summed E-state index contributed by atoms with van der Waals surface area (Å²) in [5.74, 6) is -0.0343. The van der Waals surface area contributed by atoms with Crippen molar-refractivity contribution in [1.82, 2.24) is 5.32 Å². The molecule has 2 unspecified atom stereocenters. The number of hydrogen-bond donors (Lipinski definition) is 2. The fraction of sp³-hybridized carbons (Fsp3) is 0.909. The molecular weight excluding hydrogens is 192 g/mol. The summed E-state index contributed by atoms with van der Waals surface area (Å²) in [5.41, 5.74) is 5.33. The van der Waals surface area contributed by atoms with E-state index in [1.165, 1.54) is 0 Å². The van der Waals surface area contributed by atoms with E-state index in [1.807, 2.05) is 6.92 Å². The number of carbonyl (C=O) groups excluding carboxylic acids is 1. The second-order valence-electron chi connectivity index (χ2n) is 3.85. The lowest BCUT2D eigenvalue weighted by Crippen LogP contribution is -2.40. The molecule has 0 aliphatic rings. The predicted octanol–water partition coefficient (Wildman–Crippen LogP) is 1.05. The Bertz CT molecular complexity index is 174. The van der Waals surface area contributed by atoms with Gasteiger partial charge < -0.3 is 15.8 Å². The molecule has 90 valence electrons. The summed E-state index contributed by atoms with van der Waals surface area (Å²) in [6.07, 6.45) is 2.49. The Balaban J connectivity index is 3.68. The quantitative estimate of drug-likeness (QED) is 0.596. The SMILES string of the molecule is CCCC(C)NC(=O)C(C)OCCCN. The first-order chi connectivity index (χ1) is 7.11. The second kappa shape index (κ2) is 8.68. The number of ether oxygens (including phenoxy) is 1. The molecule has 0 aromatic rings. The van der Waals surface area contributed by atoms with Crippen LogP contribution in [-0.2, 0) is 9.53 Å². The topological polar surface area (TPSA) is 64.3 Å². The fourth-order valence-corrected chi connectivity index (χ4v) is 1.28. The van der Waals surface area contributed by atoms with E-state index in [2.05, 4.69) is 12.2 Å². The second-order valence-corrected chi connectivity index (χ2v) is 3.85. The van der Waals surface area contributed by atoms with Crippen LogP contribution >= 0.6 is 0 Å². The average Bonchev–Trinajstić information content (AvgIpc) is 2.18. The molecule has 0 bridgehead atoms. The predicted molar refractivity (Wildman–Crippen MR) is 61.6 cm³/mol. The minimum absolute atomic E-state index is 0.0343. The first kappa shape index (κ1) is 14.4. The highest BCUT2D eigenvalue weighted by molar-refractivity contribution is 5.80. The molecule has 1 amide bonds. The molecule has 2 atom stereocenters. The molecule has 0 fully saturated rings. The smallest absolute Gasteiger partial charge is 0.249 e. The van der Waals surface area contributed by atoms with Crippen molar-refractivity contribution in [2.24, 2.45) is 5.73 Å².